The van der Waals surface area contributed by atoms with Gasteiger partial charge in [0.2, 0.25) is 5.91 Å². The van der Waals surface area contributed by atoms with Crippen molar-refractivity contribution in [2.45, 2.75) is 38.8 Å². The van der Waals surface area contributed by atoms with Gasteiger partial charge in [0, 0.05) is 25.0 Å². The Morgan fingerprint density at radius 3 is 2.53 bits per heavy atom. The van der Waals surface area contributed by atoms with Crippen LogP contribution in [0.25, 0.3) is 0 Å². The van der Waals surface area contributed by atoms with Gasteiger partial charge in [-0.15, -0.1) is 0 Å². The van der Waals surface area contributed by atoms with Crippen molar-refractivity contribution in [3.8, 4) is 0 Å². The molecule has 0 heterocycles. The molecule has 1 atom stereocenters. The van der Waals surface area contributed by atoms with Crippen LogP contribution >= 0.6 is 0 Å². The summed E-state index contributed by atoms with van der Waals surface area (Å²) in [6, 6.07) is 10.2. The zero-order valence-electron chi connectivity index (χ0n) is 11.7. The van der Waals surface area contributed by atoms with Crippen LogP contribution in [0, 0.1) is 0 Å². The van der Waals surface area contributed by atoms with Gasteiger partial charge in [0.15, 0.2) is 0 Å². The normalized spacial score (nSPS) is 12.4. The summed E-state index contributed by atoms with van der Waals surface area (Å²) in [7, 11) is 0. The minimum absolute atomic E-state index is 0.00532. The first-order chi connectivity index (χ1) is 9.11. The summed E-state index contributed by atoms with van der Waals surface area (Å²) in [5, 5.41) is 15.4. The van der Waals surface area contributed by atoms with Gasteiger partial charge >= 0.3 is 0 Å². The second-order valence-corrected chi connectivity index (χ2v) is 5.00. The highest BCUT2D eigenvalue weighted by atomic mass is 16.3. The van der Waals surface area contributed by atoms with Crippen LogP contribution < -0.4 is 10.6 Å². The van der Waals surface area contributed by atoms with Crippen molar-refractivity contribution in [2.24, 2.45) is 0 Å². The zero-order valence-corrected chi connectivity index (χ0v) is 11.7. The lowest BCUT2D eigenvalue weighted by Crippen LogP contribution is -2.38. The molecular weight excluding hydrogens is 240 g/mol. The second kappa shape index (κ2) is 8.67. The molecule has 0 spiro atoms. The maximum atomic E-state index is 11.5. The van der Waals surface area contributed by atoms with Gasteiger partial charge in [-0.1, -0.05) is 30.3 Å². The van der Waals surface area contributed by atoms with Gasteiger partial charge in [0.25, 0.3) is 0 Å². The van der Waals surface area contributed by atoms with E-state index in [1.807, 2.05) is 44.2 Å². The molecule has 1 aromatic carbocycles. The molecule has 106 valence electrons. The van der Waals surface area contributed by atoms with Crippen LogP contribution in [0.5, 0.6) is 0 Å². The van der Waals surface area contributed by atoms with Crippen molar-refractivity contribution in [2.75, 3.05) is 13.2 Å². The third kappa shape index (κ3) is 6.94. The van der Waals surface area contributed by atoms with Gasteiger partial charge in [-0.2, -0.15) is 0 Å². The molecule has 0 aliphatic heterocycles. The van der Waals surface area contributed by atoms with Crippen LogP contribution in [0.2, 0.25) is 0 Å². The van der Waals surface area contributed by atoms with Crippen LogP contribution in [0.1, 0.15) is 25.8 Å². The van der Waals surface area contributed by atoms with Crippen LogP contribution in [0.4, 0.5) is 0 Å². The van der Waals surface area contributed by atoms with Gasteiger partial charge in [0.05, 0.1) is 6.61 Å². The number of aliphatic hydroxyl groups excluding tert-OH is 1. The number of carbonyl (C=O) groups excluding carboxylic acids is 1. The van der Waals surface area contributed by atoms with E-state index < -0.39 is 0 Å². The fourth-order valence-corrected chi connectivity index (χ4v) is 1.88. The van der Waals surface area contributed by atoms with E-state index >= 15 is 0 Å². The van der Waals surface area contributed by atoms with Crippen LogP contribution in [0.3, 0.4) is 0 Å². The van der Waals surface area contributed by atoms with E-state index in [4.69, 9.17) is 0 Å². The van der Waals surface area contributed by atoms with Crippen molar-refractivity contribution in [1.29, 1.82) is 0 Å². The molecular formula is C15H24N2O2. The predicted octanol–water partition coefficient (Wildman–Crippen LogP) is 1.09. The number of carbonyl (C=O) groups is 1. The Hall–Kier alpha value is -1.39. The molecule has 1 amide bonds. The Kier molecular flexibility index (Phi) is 7.15. The van der Waals surface area contributed by atoms with Gasteiger partial charge in [-0.05, 0) is 25.8 Å². The van der Waals surface area contributed by atoms with Crippen LogP contribution in [0.15, 0.2) is 30.3 Å². The molecule has 0 aliphatic rings. The average Bonchev–Trinajstić information content (AvgIpc) is 2.38. The van der Waals surface area contributed by atoms with E-state index in [2.05, 4.69) is 10.6 Å². The highest BCUT2D eigenvalue weighted by molar-refractivity contribution is 5.76. The van der Waals surface area contributed by atoms with Gasteiger partial charge in [0.1, 0.15) is 0 Å². The summed E-state index contributed by atoms with van der Waals surface area (Å²) in [5.74, 6) is 0.0406. The minimum atomic E-state index is -0.00532. The Morgan fingerprint density at radius 2 is 1.95 bits per heavy atom. The van der Waals surface area contributed by atoms with E-state index in [9.17, 15) is 9.90 Å². The number of hydrogen-bond donors (Lipinski definition) is 3. The van der Waals surface area contributed by atoms with Crippen molar-refractivity contribution < 1.29 is 9.90 Å². The first-order valence-corrected chi connectivity index (χ1v) is 6.79. The highest BCUT2D eigenvalue weighted by Gasteiger charge is 2.09. The smallest absolute Gasteiger partial charge is 0.221 e. The van der Waals surface area contributed by atoms with Gasteiger partial charge in [-0.3, -0.25) is 4.79 Å². The molecule has 0 saturated heterocycles. The molecule has 4 heteroatoms. The molecule has 0 aromatic heterocycles. The van der Waals surface area contributed by atoms with Crippen molar-refractivity contribution in [3.05, 3.63) is 35.9 Å². The number of aliphatic hydroxyl groups is 1. The van der Waals surface area contributed by atoms with Crippen molar-refractivity contribution in [1.82, 2.24) is 10.6 Å². The third-order valence-electron chi connectivity index (χ3n) is 2.78. The van der Waals surface area contributed by atoms with E-state index in [1.165, 1.54) is 5.56 Å². The van der Waals surface area contributed by atoms with E-state index in [0.717, 1.165) is 6.42 Å². The minimum Gasteiger partial charge on any atom is -0.395 e. The number of amides is 1. The predicted molar refractivity (Wildman–Crippen MR) is 76.9 cm³/mol. The fraction of sp³-hybridized carbons (Fsp3) is 0.533. The van der Waals surface area contributed by atoms with Crippen molar-refractivity contribution in [3.63, 3.8) is 0 Å². The number of rotatable bonds is 8. The molecule has 19 heavy (non-hydrogen) atoms. The monoisotopic (exact) mass is 264 g/mol. The summed E-state index contributed by atoms with van der Waals surface area (Å²) < 4.78 is 0. The van der Waals surface area contributed by atoms with E-state index in [-0.39, 0.29) is 24.6 Å². The summed E-state index contributed by atoms with van der Waals surface area (Å²) in [6.45, 7) is 4.53. The lowest BCUT2D eigenvalue weighted by Gasteiger charge is -2.16. The fourth-order valence-electron chi connectivity index (χ4n) is 1.88. The van der Waals surface area contributed by atoms with E-state index in [0.29, 0.717) is 13.0 Å². The zero-order chi connectivity index (χ0) is 14.1. The third-order valence-corrected chi connectivity index (χ3v) is 2.78. The summed E-state index contributed by atoms with van der Waals surface area (Å²) in [5.41, 5.74) is 1.18. The van der Waals surface area contributed by atoms with Crippen LogP contribution in [-0.2, 0) is 11.2 Å². The molecule has 1 aromatic rings. The molecule has 4 nitrogen and oxygen atoms in total. The number of benzene rings is 1. The first kappa shape index (κ1) is 15.7. The standard InChI is InChI=1S/C15H24N2O2/c1-12(2)17-15(19)8-9-16-14(11-18)10-13-6-4-3-5-7-13/h3-7,12,14,16,18H,8-11H2,1-2H3,(H,17,19). The maximum Gasteiger partial charge on any atom is 0.221 e. The maximum absolute atomic E-state index is 11.5. The van der Waals surface area contributed by atoms with Crippen LogP contribution in [-0.4, -0.2) is 36.2 Å². The Bertz CT molecular complexity index is 366. The highest BCUT2D eigenvalue weighted by Crippen LogP contribution is 2.02. The van der Waals surface area contributed by atoms with Gasteiger partial charge < -0.3 is 15.7 Å². The average molecular weight is 264 g/mol. The Labute approximate surface area is 115 Å². The SMILES string of the molecule is CC(C)NC(=O)CCNC(CO)Cc1ccccc1. The molecule has 0 fully saturated rings. The molecule has 1 unspecified atom stereocenters. The lowest BCUT2D eigenvalue weighted by molar-refractivity contribution is -0.121. The Morgan fingerprint density at radius 1 is 1.26 bits per heavy atom. The van der Waals surface area contributed by atoms with Gasteiger partial charge in [-0.25, -0.2) is 0 Å². The quantitative estimate of drug-likeness (QED) is 0.659. The molecule has 3 N–H and O–H groups in total. The topological polar surface area (TPSA) is 61.4 Å². The summed E-state index contributed by atoms with van der Waals surface area (Å²) in [4.78, 5) is 11.5. The van der Waals surface area contributed by atoms with E-state index in [1.54, 1.807) is 0 Å². The second-order valence-electron chi connectivity index (χ2n) is 5.00. The largest absolute Gasteiger partial charge is 0.395 e. The Balaban J connectivity index is 2.27. The van der Waals surface area contributed by atoms with Crippen molar-refractivity contribution >= 4 is 5.91 Å². The molecule has 0 radical (unpaired) electrons. The first-order valence-electron chi connectivity index (χ1n) is 6.79. The molecule has 0 saturated carbocycles. The number of hydrogen-bond acceptors (Lipinski definition) is 3. The molecule has 0 aliphatic carbocycles. The summed E-state index contributed by atoms with van der Waals surface area (Å²) in [6.07, 6.45) is 1.20. The molecule has 0 bridgehead atoms. The number of nitrogens with one attached hydrogen (secondary N) is 2. The summed E-state index contributed by atoms with van der Waals surface area (Å²) >= 11 is 0. The molecule has 1 rings (SSSR count). The lowest BCUT2D eigenvalue weighted by atomic mass is 10.1.